The number of aromatic nitrogens is 2. The molecular weight excluding hydrogens is 436 g/mol. The maximum Gasteiger partial charge on any atom is 0.131 e. The second kappa shape index (κ2) is 12.6. The minimum atomic E-state index is 0.332. The summed E-state index contributed by atoms with van der Waals surface area (Å²) in [6.45, 7) is 4.07. The van der Waals surface area contributed by atoms with Crippen molar-refractivity contribution in [2.45, 2.75) is 25.0 Å². The van der Waals surface area contributed by atoms with E-state index in [1.54, 1.807) is 26.4 Å². The molecule has 2 aromatic rings. The predicted molar refractivity (Wildman–Crippen MR) is 121 cm³/mol. The summed E-state index contributed by atoms with van der Waals surface area (Å²) in [5, 5.41) is 3.20. The third kappa shape index (κ3) is 8.53. The quantitative estimate of drug-likeness (QED) is 0.590. The van der Waals surface area contributed by atoms with Crippen LogP contribution >= 0.6 is 15.9 Å². The number of nitrogen functional groups attached to an aromatic ring is 2. The molecule has 2 aliphatic rings. The van der Waals surface area contributed by atoms with E-state index in [-0.39, 0.29) is 0 Å². The fourth-order valence-corrected chi connectivity index (χ4v) is 3.36. The summed E-state index contributed by atoms with van der Waals surface area (Å²) in [6.07, 6.45) is 3.06. The van der Waals surface area contributed by atoms with Crippen LogP contribution < -0.4 is 21.7 Å². The van der Waals surface area contributed by atoms with Crippen molar-refractivity contribution in [2.24, 2.45) is 0 Å². The van der Waals surface area contributed by atoms with Gasteiger partial charge in [-0.3, -0.25) is 0 Å². The van der Waals surface area contributed by atoms with Crippen LogP contribution in [0.2, 0.25) is 0 Å². The van der Waals surface area contributed by atoms with Crippen molar-refractivity contribution in [2.75, 3.05) is 56.8 Å². The van der Waals surface area contributed by atoms with E-state index >= 15 is 0 Å². The average molecular weight is 467 g/mol. The fourth-order valence-electron chi connectivity index (χ4n) is 3.00. The lowest BCUT2D eigenvalue weighted by molar-refractivity contribution is 0.119. The Morgan fingerprint density at radius 3 is 2.14 bits per heavy atom. The van der Waals surface area contributed by atoms with Crippen molar-refractivity contribution in [3.8, 4) is 0 Å². The van der Waals surface area contributed by atoms with Crippen molar-refractivity contribution in [1.82, 2.24) is 15.3 Å². The van der Waals surface area contributed by atoms with Gasteiger partial charge in [-0.05, 0) is 59.6 Å². The smallest absolute Gasteiger partial charge is 0.131 e. The number of hydrogen-bond donors (Lipinski definition) is 3. The van der Waals surface area contributed by atoms with Gasteiger partial charge >= 0.3 is 0 Å². The van der Waals surface area contributed by atoms with Crippen molar-refractivity contribution in [1.29, 1.82) is 0 Å². The summed E-state index contributed by atoms with van der Waals surface area (Å²) in [5.74, 6) is 2.06. The Kier molecular flexibility index (Phi) is 10.1. The topological polar surface area (TPSA) is 112 Å². The van der Waals surface area contributed by atoms with E-state index in [0.717, 1.165) is 43.0 Å². The zero-order chi connectivity index (χ0) is 21.1. The zero-order valence-corrected chi connectivity index (χ0v) is 18.6. The molecule has 2 atom stereocenters. The third-order valence-electron chi connectivity index (χ3n) is 4.64. The highest BCUT2D eigenvalue weighted by Gasteiger charge is 2.22. The molecule has 0 radical (unpaired) electrons. The molecule has 8 nitrogen and oxygen atoms in total. The third-order valence-corrected chi connectivity index (χ3v) is 5.09. The van der Waals surface area contributed by atoms with Gasteiger partial charge in [0.2, 0.25) is 0 Å². The molecule has 9 heteroatoms. The van der Waals surface area contributed by atoms with Crippen molar-refractivity contribution >= 4 is 33.4 Å². The first-order valence-electron chi connectivity index (χ1n) is 9.63. The van der Waals surface area contributed by atoms with Crippen LogP contribution in [-0.2, 0) is 9.47 Å². The predicted octanol–water partition coefficient (Wildman–Crippen LogP) is 2.31. The molecule has 2 saturated heterocycles. The Hall–Kier alpha value is -1.94. The number of ether oxygens (including phenoxy) is 2. The number of pyridine rings is 2. The van der Waals surface area contributed by atoms with Gasteiger partial charge in [0.1, 0.15) is 22.1 Å². The number of nitrogens with one attached hydrogen (secondary N) is 1. The molecule has 0 aliphatic carbocycles. The van der Waals surface area contributed by atoms with Gasteiger partial charge in [-0.1, -0.05) is 12.1 Å². The molecule has 0 amide bonds. The summed E-state index contributed by atoms with van der Waals surface area (Å²) >= 11 is 3.17. The molecule has 4 heterocycles. The average Bonchev–Trinajstić information content (AvgIpc) is 3.41. The maximum atomic E-state index is 5.62. The zero-order valence-electron chi connectivity index (χ0n) is 17.1. The molecule has 160 valence electrons. The van der Waals surface area contributed by atoms with Crippen LogP contribution in [0.1, 0.15) is 12.8 Å². The largest absolute Gasteiger partial charge is 0.384 e. The lowest BCUT2D eigenvalue weighted by Gasteiger charge is -2.16. The van der Waals surface area contributed by atoms with E-state index < -0.39 is 0 Å². The molecule has 0 unspecified atom stereocenters. The fraction of sp³-hybridized carbons (Fsp3) is 0.500. The molecule has 29 heavy (non-hydrogen) atoms. The van der Waals surface area contributed by atoms with Gasteiger partial charge in [0, 0.05) is 33.9 Å². The molecular formula is C20H31BrN6O2. The highest BCUT2D eigenvalue weighted by molar-refractivity contribution is 9.10. The Labute approximate surface area is 181 Å². The summed E-state index contributed by atoms with van der Waals surface area (Å²) in [4.78, 5) is 10.3. The Bertz CT molecular complexity index is 712. The number of nitrogens with zero attached hydrogens (tertiary/aromatic N) is 3. The van der Waals surface area contributed by atoms with Gasteiger partial charge in [-0.15, -0.1) is 0 Å². The second-order valence-electron chi connectivity index (χ2n) is 6.75. The molecule has 2 aromatic heterocycles. The molecule has 5 N–H and O–H groups in total. The lowest BCUT2D eigenvalue weighted by Crippen LogP contribution is -2.23. The molecule has 0 spiro atoms. The summed E-state index contributed by atoms with van der Waals surface area (Å²) < 4.78 is 11.1. The standard InChI is InChI=1S/C10H15N3O.C5H5BrN2.C5H11NO/c1-14-8-5-6-13(7-8)10-4-2-3-9(11)12-10;6-4-2-1-3-5(7)8-4;1-7-5-2-3-6-4-5/h2-4,8H,5-7H2,1H3,(H2,11,12);1-3H,(H2,7,8);5-6H,2-4H2,1H3/t8-;;5-/m1.1/s1. The first-order chi connectivity index (χ1) is 14.0. The van der Waals surface area contributed by atoms with Gasteiger partial charge in [-0.2, -0.15) is 0 Å². The number of halogens is 1. The van der Waals surface area contributed by atoms with E-state index in [1.807, 2.05) is 24.3 Å². The maximum absolute atomic E-state index is 5.62. The number of hydrogen-bond acceptors (Lipinski definition) is 8. The monoisotopic (exact) mass is 466 g/mol. The highest BCUT2D eigenvalue weighted by atomic mass is 79.9. The van der Waals surface area contributed by atoms with Crippen molar-refractivity contribution in [3.05, 3.63) is 41.0 Å². The first-order valence-corrected chi connectivity index (χ1v) is 10.4. The molecule has 2 fully saturated rings. The second-order valence-corrected chi connectivity index (χ2v) is 7.56. The van der Waals surface area contributed by atoms with Crippen LogP contribution in [0.25, 0.3) is 0 Å². The molecule has 0 bridgehead atoms. The number of methoxy groups -OCH3 is 2. The molecule has 0 aromatic carbocycles. The van der Waals surface area contributed by atoms with Gasteiger partial charge < -0.3 is 31.2 Å². The minimum Gasteiger partial charge on any atom is -0.384 e. The minimum absolute atomic E-state index is 0.332. The van der Waals surface area contributed by atoms with Gasteiger partial charge in [-0.25, -0.2) is 9.97 Å². The summed E-state index contributed by atoms with van der Waals surface area (Å²) in [7, 11) is 3.51. The van der Waals surface area contributed by atoms with Crippen LogP contribution in [0.5, 0.6) is 0 Å². The van der Waals surface area contributed by atoms with Crippen LogP contribution in [0, 0.1) is 0 Å². The van der Waals surface area contributed by atoms with Gasteiger partial charge in [0.25, 0.3) is 0 Å². The first kappa shape index (κ1) is 23.3. The molecule has 0 saturated carbocycles. The normalized spacial score (nSPS) is 20.4. The Morgan fingerprint density at radius 1 is 1.00 bits per heavy atom. The van der Waals surface area contributed by atoms with E-state index in [4.69, 9.17) is 20.9 Å². The van der Waals surface area contributed by atoms with Gasteiger partial charge in [0.05, 0.1) is 12.2 Å². The molecule has 2 aliphatic heterocycles. The lowest BCUT2D eigenvalue weighted by atomic mass is 10.3. The van der Waals surface area contributed by atoms with Crippen LogP contribution in [0.15, 0.2) is 41.0 Å². The summed E-state index contributed by atoms with van der Waals surface area (Å²) in [6, 6.07) is 11.1. The van der Waals surface area contributed by atoms with Crippen LogP contribution in [0.4, 0.5) is 17.5 Å². The van der Waals surface area contributed by atoms with Crippen LogP contribution in [0.3, 0.4) is 0 Å². The van der Waals surface area contributed by atoms with Gasteiger partial charge in [0.15, 0.2) is 0 Å². The van der Waals surface area contributed by atoms with E-state index in [1.165, 1.54) is 6.42 Å². The number of nitrogens with two attached hydrogens (primary N) is 2. The Balaban J connectivity index is 0.000000170. The van der Waals surface area contributed by atoms with Crippen molar-refractivity contribution < 1.29 is 9.47 Å². The van der Waals surface area contributed by atoms with Crippen LogP contribution in [-0.4, -0.2) is 62.6 Å². The summed E-state index contributed by atoms with van der Waals surface area (Å²) in [5.41, 5.74) is 10.9. The number of rotatable bonds is 3. The van der Waals surface area contributed by atoms with E-state index in [9.17, 15) is 0 Å². The van der Waals surface area contributed by atoms with E-state index in [0.29, 0.717) is 23.8 Å². The van der Waals surface area contributed by atoms with Crippen molar-refractivity contribution in [3.63, 3.8) is 0 Å². The SMILES string of the molecule is CO[C@@H]1CCN(c2cccc(N)n2)C1.CO[C@@H]1CCNC1.Nc1cccc(Br)n1. The van der Waals surface area contributed by atoms with E-state index in [2.05, 4.69) is 36.1 Å². The highest BCUT2D eigenvalue weighted by Crippen LogP contribution is 2.20. The molecule has 4 rings (SSSR count). The number of anilines is 3. The Morgan fingerprint density at radius 2 is 1.69 bits per heavy atom.